The van der Waals surface area contributed by atoms with E-state index in [-0.39, 0.29) is 17.3 Å². The van der Waals surface area contributed by atoms with Gasteiger partial charge < -0.3 is 5.32 Å². The normalized spacial score (nSPS) is 18.7. The first-order valence-corrected chi connectivity index (χ1v) is 11.8. The van der Waals surface area contributed by atoms with Crippen molar-refractivity contribution in [2.45, 2.75) is 42.8 Å². The van der Waals surface area contributed by atoms with Gasteiger partial charge in [0, 0.05) is 29.3 Å². The smallest absolute Gasteiger partial charge is 0.308 e. The molecule has 0 atom stereocenters. The second kappa shape index (κ2) is 9.11. The van der Waals surface area contributed by atoms with Gasteiger partial charge in [-0.05, 0) is 61.6 Å². The fraction of sp³-hybridized carbons (Fsp3) is 0.391. The third kappa shape index (κ3) is 5.00. The number of benzene rings is 2. The molecule has 2 aliphatic heterocycles. The number of carbonyl (C=O) groups excluding carboxylic acids is 1. The summed E-state index contributed by atoms with van der Waals surface area (Å²) >= 11 is 6.12. The van der Waals surface area contributed by atoms with E-state index >= 15 is 0 Å². The number of halogens is 3. The van der Waals surface area contributed by atoms with E-state index in [9.17, 15) is 18.0 Å². The van der Waals surface area contributed by atoms with Crippen molar-refractivity contribution in [3.63, 3.8) is 0 Å². The van der Waals surface area contributed by atoms with E-state index in [0.29, 0.717) is 25.9 Å². The number of hydrogen-bond acceptors (Lipinski definition) is 5. The maximum atomic E-state index is 13.0. The molecule has 0 radical (unpaired) electrons. The summed E-state index contributed by atoms with van der Waals surface area (Å²) < 4.78 is 41.4. The quantitative estimate of drug-likeness (QED) is 0.474. The molecule has 170 valence electrons. The largest absolute Gasteiger partial charge is 0.416 e. The van der Waals surface area contributed by atoms with Crippen LogP contribution in [0.4, 0.5) is 13.2 Å². The van der Waals surface area contributed by atoms with Crippen molar-refractivity contribution in [2.75, 3.05) is 18.8 Å². The zero-order valence-electron chi connectivity index (χ0n) is 17.6. The summed E-state index contributed by atoms with van der Waals surface area (Å²) in [5.41, 5.74) is 1.17. The Labute approximate surface area is 195 Å². The van der Waals surface area contributed by atoms with Crippen LogP contribution in [-0.4, -0.2) is 40.4 Å². The molecule has 0 aliphatic carbocycles. The fourth-order valence-corrected chi connectivity index (χ4v) is 5.34. The van der Waals surface area contributed by atoms with Crippen molar-refractivity contribution in [1.29, 1.82) is 0 Å². The Morgan fingerprint density at radius 1 is 1.19 bits per heavy atom. The first-order valence-electron chi connectivity index (χ1n) is 10.4. The van der Waals surface area contributed by atoms with E-state index in [2.05, 4.69) is 46.3 Å². The third-order valence-electron chi connectivity index (χ3n) is 5.96. The molecule has 0 bridgehead atoms. The number of nitrogens with one attached hydrogen (secondary N) is 1. The molecule has 1 amide bonds. The van der Waals surface area contributed by atoms with Gasteiger partial charge in [0.05, 0.1) is 5.56 Å². The molecule has 4 rings (SSSR count). The van der Waals surface area contributed by atoms with Crippen molar-refractivity contribution >= 4 is 36.3 Å². The molecule has 1 N–H and O–H groups in total. The Morgan fingerprint density at radius 2 is 1.94 bits per heavy atom. The molecular weight excluding hydrogens is 455 g/mol. The molecule has 0 saturated carbocycles. The monoisotopic (exact) mass is 479 g/mol. The SMILES string of the molecule is Cc1cc(S)ccc1CCSN1CCC2(CC1)N=C(c1cccc(C(F)(F)F)c1)NC2=O. The van der Waals surface area contributed by atoms with Gasteiger partial charge in [-0.2, -0.15) is 13.2 Å². The van der Waals surface area contributed by atoms with E-state index < -0.39 is 17.3 Å². The first kappa shape index (κ1) is 23.2. The van der Waals surface area contributed by atoms with Crippen molar-refractivity contribution in [1.82, 2.24) is 9.62 Å². The summed E-state index contributed by atoms with van der Waals surface area (Å²) in [5, 5.41) is 2.71. The van der Waals surface area contributed by atoms with E-state index in [1.54, 1.807) is 18.0 Å². The number of amidine groups is 1. The lowest BCUT2D eigenvalue weighted by atomic mass is 9.89. The van der Waals surface area contributed by atoms with Gasteiger partial charge in [0.25, 0.3) is 5.91 Å². The fourth-order valence-electron chi connectivity index (χ4n) is 4.07. The second-order valence-corrected chi connectivity index (χ2v) is 9.85. The number of alkyl halides is 3. The maximum absolute atomic E-state index is 13.0. The standard InChI is InChI=1S/C23H24F3N3OS2/c1-15-13-19(31)6-5-16(15)7-12-32-29-10-8-22(9-11-29)21(30)27-20(28-22)17-3-2-4-18(14-17)23(24,25)26/h2-6,13-14,31H,7-12H2,1H3,(H,27,28,30). The lowest BCUT2D eigenvalue weighted by Crippen LogP contribution is -2.47. The summed E-state index contributed by atoms with van der Waals surface area (Å²) in [5.74, 6) is 0.937. The van der Waals surface area contributed by atoms with E-state index in [0.717, 1.165) is 29.2 Å². The summed E-state index contributed by atoms with van der Waals surface area (Å²) in [4.78, 5) is 18.2. The molecule has 2 aliphatic rings. The Hall–Kier alpha value is -1.97. The Morgan fingerprint density at radius 3 is 2.62 bits per heavy atom. The molecule has 2 heterocycles. The highest BCUT2D eigenvalue weighted by molar-refractivity contribution is 7.97. The Kier molecular flexibility index (Phi) is 6.61. The molecule has 2 aromatic carbocycles. The minimum absolute atomic E-state index is 0.225. The van der Waals surface area contributed by atoms with Crippen LogP contribution in [0.3, 0.4) is 0 Å². The molecule has 9 heteroatoms. The average Bonchev–Trinajstić information content (AvgIpc) is 3.06. The lowest BCUT2D eigenvalue weighted by Gasteiger charge is -2.34. The van der Waals surface area contributed by atoms with Gasteiger partial charge in [-0.1, -0.05) is 30.1 Å². The number of nitrogens with zero attached hydrogens (tertiary/aromatic N) is 2. The molecule has 2 aromatic rings. The zero-order valence-corrected chi connectivity index (χ0v) is 19.3. The van der Waals surface area contributed by atoms with Crippen LogP contribution < -0.4 is 5.32 Å². The van der Waals surface area contributed by atoms with Crippen LogP contribution in [0, 0.1) is 6.92 Å². The average molecular weight is 480 g/mol. The highest BCUT2D eigenvalue weighted by Gasteiger charge is 2.46. The summed E-state index contributed by atoms with van der Waals surface area (Å²) in [7, 11) is 0. The number of aryl methyl sites for hydroxylation is 2. The number of thiol groups is 1. The van der Waals surface area contributed by atoms with E-state index in [4.69, 9.17) is 0 Å². The molecule has 32 heavy (non-hydrogen) atoms. The Bertz CT molecular complexity index is 1050. The van der Waals surface area contributed by atoms with Gasteiger partial charge in [0.2, 0.25) is 0 Å². The molecule has 0 aromatic heterocycles. The van der Waals surface area contributed by atoms with Crippen LogP contribution in [-0.2, 0) is 17.4 Å². The van der Waals surface area contributed by atoms with Crippen molar-refractivity contribution in [3.8, 4) is 0 Å². The minimum Gasteiger partial charge on any atom is -0.308 e. The first-order chi connectivity index (χ1) is 15.2. The van der Waals surface area contributed by atoms with Crippen LogP contribution in [0.25, 0.3) is 0 Å². The highest BCUT2D eigenvalue weighted by Crippen LogP contribution is 2.34. The van der Waals surface area contributed by atoms with Gasteiger partial charge >= 0.3 is 6.18 Å². The predicted molar refractivity (Wildman–Crippen MR) is 124 cm³/mol. The molecular formula is C23H24F3N3OS2. The summed E-state index contributed by atoms with van der Waals surface area (Å²) in [6.45, 7) is 3.49. The molecule has 1 fully saturated rings. The number of amides is 1. The maximum Gasteiger partial charge on any atom is 0.416 e. The van der Waals surface area contributed by atoms with Gasteiger partial charge in [0.1, 0.15) is 11.4 Å². The van der Waals surface area contributed by atoms with Gasteiger partial charge in [-0.15, -0.1) is 12.6 Å². The topological polar surface area (TPSA) is 44.7 Å². The lowest BCUT2D eigenvalue weighted by molar-refractivity contribution is -0.137. The number of hydrogen-bond donors (Lipinski definition) is 2. The van der Waals surface area contributed by atoms with Crippen LogP contribution in [0.5, 0.6) is 0 Å². The Balaban J connectivity index is 1.36. The predicted octanol–water partition coefficient (Wildman–Crippen LogP) is 4.90. The third-order valence-corrected chi connectivity index (χ3v) is 7.36. The van der Waals surface area contributed by atoms with Crippen LogP contribution >= 0.6 is 24.6 Å². The van der Waals surface area contributed by atoms with Crippen molar-refractivity contribution < 1.29 is 18.0 Å². The number of aliphatic imine (C=N–C) groups is 1. The van der Waals surface area contributed by atoms with Crippen LogP contribution in [0.1, 0.15) is 35.1 Å². The van der Waals surface area contributed by atoms with Gasteiger partial charge in [-0.25, -0.2) is 0 Å². The van der Waals surface area contributed by atoms with Crippen molar-refractivity contribution in [2.24, 2.45) is 4.99 Å². The highest BCUT2D eigenvalue weighted by atomic mass is 32.2. The second-order valence-electron chi connectivity index (χ2n) is 8.15. The molecule has 1 saturated heterocycles. The number of rotatable bonds is 5. The molecule has 0 unspecified atom stereocenters. The number of piperidine rings is 1. The minimum atomic E-state index is -4.44. The van der Waals surface area contributed by atoms with E-state index in [1.807, 2.05) is 6.07 Å². The molecule has 4 nitrogen and oxygen atoms in total. The summed E-state index contributed by atoms with van der Waals surface area (Å²) in [6.07, 6.45) is -2.40. The number of carbonyl (C=O) groups is 1. The van der Waals surface area contributed by atoms with Gasteiger partial charge in [0.15, 0.2) is 0 Å². The summed E-state index contributed by atoms with van der Waals surface area (Å²) in [6, 6.07) is 11.1. The van der Waals surface area contributed by atoms with Crippen LogP contribution in [0.2, 0.25) is 0 Å². The molecule has 1 spiro atoms. The van der Waals surface area contributed by atoms with E-state index in [1.165, 1.54) is 17.2 Å². The zero-order chi connectivity index (χ0) is 22.9. The van der Waals surface area contributed by atoms with Crippen molar-refractivity contribution in [3.05, 3.63) is 64.7 Å². The van der Waals surface area contributed by atoms with Crippen LogP contribution in [0.15, 0.2) is 52.4 Å². The van der Waals surface area contributed by atoms with Gasteiger partial charge in [-0.3, -0.25) is 14.1 Å².